The van der Waals surface area contributed by atoms with Gasteiger partial charge in [-0.2, -0.15) is 0 Å². The van der Waals surface area contributed by atoms with Crippen LogP contribution in [-0.2, 0) is 16.1 Å². The molecule has 1 aromatic carbocycles. The van der Waals surface area contributed by atoms with E-state index in [9.17, 15) is 9.59 Å². The summed E-state index contributed by atoms with van der Waals surface area (Å²) in [7, 11) is 0. The number of likely N-dealkylation sites (N-methyl/N-ethyl adjacent to an activating group) is 1. The van der Waals surface area contributed by atoms with E-state index < -0.39 is 5.97 Å². The summed E-state index contributed by atoms with van der Waals surface area (Å²) in [6.45, 7) is 4.01. The first-order valence-corrected chi connectivity index (χ1v) is 7.51. The average Bonchev–Trinajstić information content (AvgIpc) is 2.94. The maximum Gasteiger partial charge on any atom is 0.410 e. The van der Waals surface area contributed by atoms with Gasteiger partial charge in [0.2, 0.25) is 0 Å². The summed E-state index contributed by atoms with van der Waals surface area (Å²) < 4.78 is 5.36. The van der Waals surface area contributed by atoms with Crippen LogP contribution in [0.5, 0.6) is 0 Å². The number of carbonyl (C=O) groups excluding carboxylic acids is 1. The maximum atomic E-state index is 12.2. The van der Waals surface area contributed by atoms with Crippen molar-refractivity contribution >= 4 is 12.1 Å². The molecular formula is C16H22N2O4. The lowest BCUT2D eigenvalue weighted by atomic mass is 10.2. The van der Waals surface area contributed by atoms with E-state index in [1.54, 1.807) is 4.90 Å². The number of rotatable bonds is 6. The third-order valence-electron chi connectivity index (χ3n) is 3.83. The Bertz CT molecular complexity index is 506. The van der Waals surface area contributed by atoms with E-state index in [0.717, 1.165) is 12.0 Å². The predicted molar refractivity (Wildman–Crippen MR) is 81.5 cm³/mol. The summed E-state index contributed by atoms with van der Waals surface area (Å²) in [5.74, 6) is -0.838. The van der Waals surface area contributed by atoms with Crippen molar-refractivity contribution in [3.63, 3.8) is 0 Å². The maximum absolute atomic E-state index is 12.2. The second kappa shape index (κ2) is 7.79. The summed E-state index contributed by atoms with van der Waals surface area (Å²) in [5, 5.41) is 8.83. The number of carbonyl (C=O) groups is 2. The molecule has 120 valence electrons. The van der Waals surface area contributed by atoms with Gasteiger partial charge in [0, 0.05) is 25.7 Å². The van der Waals surface area contributed by atoms with Crippen LogP contribution >= 0.6 is 0 Å². The fraction of sp³-hybridized carbons (Fsp3) is 0.500. The first kappa shape index (κ1) is 16.3. The van der Waals surface area contributed by atoms with Crippen LogP contribution < -0.4 is 0 Å². The van der Waals surface area contributed by atoms with Gasteiger partial charge >= 0.3 is 12.1 Å². The Balaban J connectivity index is 1.85. The fourth-order valence-corrected chi connectivity index (χ4v) is 2.74. The van der Waals surface area contributed by atoms with Crippen molar-refractivity contribution in [2.75, 3.05) is 26.2 Å². The van der Waals surface area contributed by atoms with E-state index in [4.69, 9.17) is 9.84 Å². The van der Waals surface area contributed by atoms with Crippen LogP contribution in [0.1, 0.15) is 18.9 Å². The molecule has 0 aromatic heterocycles. The van der Waals surface area contributed by atoms with Crippen molar-refractivity contribution in [3.8, 4) is 0 Å². The van der Waals surface area contributed by atoms with Gasteiger partial charge in [-0.3, -0.25) is 9.69 Å². The van der Waals surface area contributed by atoms with E-state index in [1.165, 1.54) is 0 Å². The van der Waals surface area contributed by atoms with Crippen molar-refractivity contribution in [3.05, 3.63) is 35.9 Å². The van der Waals surface area contributed by atoms with Crippen LogP contribution in [0.3, 0.4) is 0 Å². The Morgan fingerprint density at radius 3 is 2.73 bits per heavy atom. The molecule has 22 heavy (non-hydrogen) atoms. The van der Waals surface area contributed by atoms with E-state index >= 15 is 0 Å². The molecule has 1 fully saturated rings. The highest BCUT2D eigenvalue weighted by atomic mass is 16.6. The van der Waals surface area contributed by atoms with Gasteiger partial charge in [0.15, 0.2) is 0 Å². The van der Waals surface area contributed by atoms with Crippen molar-refractivity contribution in [1.82, 2.24) is 9.80 Å². The number of hydrogen-bond donors (Lipinski definition) is 1. The van der Waals surface area contributed by atoms with Crippen LogP contribution in [0.2, 0.25) is 0 Å². The number of aliphatic carboxylic acids is 1. The molecule has 1 aliphatic heterocycles. The second-order valence-electron chi connectivity index (χ2n) is 5.40. The minimum absolute atomic E-state index is 0.0209. The second-order valence-corrected chi connectivity index (χ2v) is 5.40. The topological polar surface area (TPSA) is 70.1 Å². The average molecular weight is 306 g/mol. The Kier molecular flexibility index (Phi) is 5.77. The van der Waals surface area contributed by atoms with Crippen LogP contribution in [-0.4, -0.2) is 59.2 Å². The van der Waals surface area contributed by atoms with Crippen molar-refractivity contribution in [2.45, 2.75) is 26.0 Å². The summed E-state index contributed by atoms with van der Waals surface area (Å²) in [5.41, 5.74) is 0.950. The van der Waals surface area contributed by atoms with Crippen molar-refractivity contribution < 1.29 is 19.4 Å². The molecular weight excluding hydrogens is 284 g/mol. The third-order valence-corrected chi connectivity index (χ3v) is 3.83. The Morgan fingerprint density at radius 1 is 1.36 bits per heavy atom. The van der Waals surface area contributed by atoms with Gasteiger partial charge in [-0.25, -0.2) is 4.79 Å². The van der Waals surface area contributed by atoms with Gasteiger partial charge in [-0.1, -0.05) is 30.3 Å². The number of benzene rings is 1. The van der Waals surface area contributed by atoms with Crippen molar-refractivity contribution in [2.24, 2.45) is 0 Å². The molecule has 0 saturated carbocycles. The SMILES string of the molecule is CCN(C(=O)OCc1ccccc1)C1CCN(CC(=O)O)C1. The number of hydrogen-bond acceptors (Lipinski definition) is 4. The van der Waals surface area contributed by atoms with Crippen molar-refractivity contribution in [1.29, 1.82) is 0 Å². The van der Waals surface area contributed by atoms with Gasteiger partial charge in [0.05, 0.1) is 6.54 Å². The lowest BCUT2D eigenvalue weighted by Crippen LogP contribution is -2.42. The van der Waals surface area contributed by atoms with Gasteiger partial charge in [0.25, 0.3) is 0 Å². The summed E-state index contributed by atoms with van der Waals surface area (Å²) in [6, 6.07) is 9.57. The first-order chi connectivity index (χ1) is 10.6. The number of likely N-dealkylation sites (tertiary alicyclic amines) is 1. The fourth-order valence-electron chi connectivity index (χ4n) is 2.74. The zero-order valence-electron chi connectivity index (χ0n) is 12.8. The highest BCUT2D eigenvalue weighted by molar-refractivity contribution is 5.69. The molecule has 0 aliphatic carbocycles. The molecule has 1 aliphatic rings. The monoisotopic (exact) mass is 306 g/mol. The van der Waals surface area contributed by atoms with E-state index in [2.05, 4.69) is 0 Å². The quantitative estimate of drug-likeness (QED) is 0.868. The molecule has 1 aromatic rings. The molecule has 1 unspecified atom stereocenters. The standard InChI is InChI=1S/C16H22N2O4/c1-2-18(14-8-9-17(10-14)11-15(19)20)16(21)22-12-13-6-4-3-5-7-13/h3-7,14H,2,8-12H2,1H3,(H,19,20). The summed E-state index contributed by atoms with van der Waals surface area (Å²) >= 11 is 0. The molecule has 2 rings (SSSR count). The number of carboxylic acid groups (broad SMARTS) is 1. The van der Waals surface area contributed by atoms with Crippen LogP contribution in [0.25, 0.3) is 0 Å². The number of carboxylic acids is 1. The van der Waals surface area contributed by atoms with E-state index in [0.29, 0.717) is 19.6 Å². The van der Waals surface area contributed by atoms with Gasteiger partial charge in [-0.15, -0.1) is 0 Å². The minimum atomic E-state index is -0.838. The zero-order chi connectivity index (χ0) is 15.9. The smallest absolute Gasteiger partial charge is 0.410 e. The van der Waals surface area contributed by atoms with E-state index in [-0.39, 0.29) is 25.3 Å². The molecule has 6 nitrogen and oxygen atoms in total. The van der Waals surface area contributed by atoms with Gasteiger partial charge < -0.3 is 14.7 Å². The predicted octanol–water partition coefficient (Wildman–Crippen LogP) is 1.80. The number of nitrogens with zero attached hydrogens (tertiary/aromatic N) is 2. The molecule has 0 spiro atoms. The molecule has 1 heterocycles. The number of ether oxygens (including phenoxy) is 1. The minimum Gasteiger partial charge on any atom is -0.480 e. The third kappa shape index (κ3) is 4.46. The van der Waals surface area contributed by atoms with Gasteiger partial charge in [-0.05, 0) is 18.9 Å². The molecule has 1 N–H and O–H groups in total. The first-order valence-electron chi connectivity index (χ1n) is 7.51. The Hall–Kier alpha value is -2.08. The number of amides is 1. The molecule has 1 saturated heterocycles. The molecule has 1 amide bonds. The zero-order valence-corrected chi connectivity index (χ0v) is 12.8. The molecule has 0 bridgehead atoms. The molecule has 0 radical (unpaired) electrons. The highest BCUT2D eigenvalue weighted by Crippen LogP contribution is 2.16. The molecule has 1 atom stereocenters. The van der Waals surface area contributed by atoms with E-state index in [1.807, 2.05) is 42.2 Å². The Labute approximate surface area is 130 Å². The van der Waals surface area contributed by atoms with Crippen LogP contribution in [0.15, 0.2) is 30.3 Å². The van der Waals surface area contributed by atoms with Crippen LogP contribution in [0, 0.1) is 0 Å². The molecule has 6 heteroatoms. The van der Waals surface area contributed by atoms with Crippen LogP contribution in [0.4, 0.5) is 4.79 Å². The largest absolute Gasteiger partial charge is 0.480 e. The lowest BCUT2D eigenvalue weighted by Gasteiger charge is -2.27. The normalized spacial score (nSPS) is 18.1. The highest BCUT2D eigenvalue weighted by Gasteiger charge is 2.31. The summed E-state index contributed by atoms with van der Waals surface area (Å²) in [6.07, 6.45) is 0.440. The summed E-state index contributed by atoms with van der Waals surface area (Å²) in [4.78, 5) is 26.5. The Morgan fingerprint density at radius 2 is 2.09 bits per heavy atom. The lowest BCUT2D eigenvalue weighted by molar-refractivity contribution is -0.138. The van der Waals surface area contributed by atoms with Gasteiger partial charge in [0.1, 0.15) is 6.61 Å².